The second-order valence-electron chi connectivity index (χ2n) is 4.99. The van der Waals surface area contributed by atoms with Crippen LogP contribution in [-0.4, -0.2) is 49.4 Å². The normalized spacial score (nSPS) is 11.7. The minimum Gasteiger partial charge on any atom is -0.347 e. The van der Waals surface area contributed by atoms with Gasteiger partial charge in [0.2, 0.25) is 5.91 Å². The lowest BCUT2D eigenvalue weighted by molar-refractivity contribution is -0.129. The van der Waals surface area contributed by atoms with E-state index in [0.717, 1.165) is 5.56 Å². The van der Waals surface area contributed by atoms with E-state index in [0.29, 0.717) is 5.69 Å². The molecule has 0 aromatic heterocycles. The van der Waals surface area contributed by atoms with E-state index in [2.05, 4.69) is 5.32 Å². The van der Waals surface area contributed by atoms with Crippen molar-refractivity contribution in [2.45, 2.75) is 13.0 Å². The molecule has 0 bridgehead atoms. The smallest absolute Gasteiger partial charge is 0.322 e. The SMILES string of the molecule is CC(N)c1ccc(NC(=O)N(C)CC(=O)N(C)C)cc1. The molecule has 0 aliphatic rings. The van der Waals surface area contributed by atoms with Gasteiger partial charge in [-0.2, -0.15) is 0 Å². The largest absolute Gasteiger partial charge is 0.347 e. The number of carbonyl (C=O) groups is 2. The number of nitrogens with two attached hydrogens (primary N) is 1. The second-order valence-corrected chi connectivity index (χ2v) is 4.99. The van der Waals surface area contributed by atoms with Crippen molar-refractivity contribution >= 4 is 17.6 Å². The lowest BCUT2D eigenvalue weighted by Crippen LogP contribution is -2.39. The molecule has 3 amide bonds. The van der Waals surface area contributed by atoms with E-state index in [9.17, 15) is 9.59 Å². The molecule has 1 atom stereocenters. The minimum atomic E-state index is -0.325. The number of nitrogens with one attached hydrogen (secondary N) is 1. The molecule has 1 aromatic carbocycles. The zero-order valence-electron chi connectivity index (χ0n) is 12.4. The molecule has 0 saturated carbocycles. The van der Waals surface area contributed by atoms with Crippen molar-refractivity contribution in [1.82, 2.24) is 9.80 Å². The van der Waals surface area contributed by atoms with Crippen molar-refractivity contribution in [3.63, 3.8) is 0 Å². The van der Waals surface area contributed by atoms with Gasteiger partial charge < -0.3 is 20.9 Å². The molecule has 0 aliphatic heterocycles. The summed E-state index contributed by atoms with van der Waals surface area (Å²) in [4.78, 5) is 26.2. The number of hydrogen-bond donors (Lipinski definition) is 2. The number of anilines is 1. The van der Waals surface area contributed by atoms with Gasteiger partial charge in [-0.25, -0.2) is 4.79 Å². The number of likely N-dealkylation sites (N-methyl/N-ethyl adjacent to an activating group) is 2. The predicted octanol–water partition coefficient (Wildman–Crippen LogP) is 1.26. The summed E-state index contributed by atoms with van der Waals surface area (Å²) in [6, 6.07) is 6.95. The Bertz CT molecular complexity index is 469. The topological polar surface area (TPSA) is 78.7 Å². The highest BCUT2D eigenvalue weighted by atomic mass is 16.2. The van der Waals surface area contributed by atoms with E-state index in [1.165, 1.54) is 9.80 Å². The van der Waals surface area contributed by atoms with E-state index >= 15 is 0 Å². The van der Waals surface area contributed by atoms with Gasteiger partial charge in [0.15, 0.2) is 0 Å². The summed E-state index contributed by atoms with van der Waals surface area (Å²) in [6.45, 7) is 1.94. The Morgan fingerprint density at radius 1 is 1.20 bits per heavy atom. The van der Waals surface area contributed by atoms with Crippen molar-refractivity contribution in [2.24, 2.45) is 5.73 Å². The molecule has 0 saturated heterocycles. The Morgan fingerprint density at radius 2 is 1.75 bits per heavy atom. The van der Waals surface area contributed by atoms with E-state index in [1.54, 1.807) is 33.3 Å². The molecule has 6 nitrogen and oxygen atoms in total. The molecule has 1 unspecified atom stereocenters. The predicted molar refractivity (Wildman–Crippen MR) is 79.4 cm³/mol. The van der Waals surface area contributed by atoms with E-state index in [-0.39, 0.29) is 24.5 Å². The van der Waals surface area contributed by atoms with Crippen LogP contribution in [-0.2, 0) is 4.79 Å². The first-order chi connectivity index (χ1) is 9.31. The van der Waals surface area contributed by atoms with Crippen molar-refractivity contribution < 1.29 is 9.59 Å². The lowest BCUT2D eigenvalue weighted by atomic mass is 10.1. The van der Waals surface area contributed by atoms with Gasteiger partial charge in [-0.1, -0.05) is 12.1 Å². The van der Waals surface area contributed by atoms with Gasteiger partial charge in [0.1, 0.15) is 6.54 Å². The van der Waals surface area contributed by atoms with E-state index in [4.69, 9.17) is 5.73 Å². The Morgan fingerprint density at radius 3 is 2.20 bits per heavy atom. The summed E-state index contributed by atoms with van der Waals surface area (Å²) in [5, 5.41) is 2.73. The standard InChI is InChI=1S/C14H22N4O2/c1-10(15)11-5-7-12(8-6-11)16-14(20)18(4)9-13(19)17(2)3/h5-8,10H,9,15H2,1-4H3,(H,16,20). The Hall–Kier alpha value is -2.08. The molecule has 0 aliphatic carbocycles. The van der Waals surface area contributed by atoms with Crippen molar-refractivity contribution in [2.75, 3.05) is 33.0 Å². The van der Waals surface area contributed by atoms with Crippen LogP contribution in [0.3, 0.4) is 0 Å². The molecule has 0 spiro atoms. The quantitative estimate of drug-likeness (QED) is 0.870. The number of benzene rings is 1. The van der Waals surface area contributed by atoms with Crippen molar-refractivity contribution in [1.29, 1.82) is 0 Å². The number of rotatable bonds is 4. The third-order valence-electron chi connectivity index (χ3n) is 2.91. The Labute approximate surface area is 119 Å². The maximum absolute atomic E-state index is 11.9. The molecule has 0 heterocycles. The molecule has 110 valence electrons. The molecule has 0 radical (unpaired) electrons. The van der Waals surface area contributed by atoms with Crippen LogP contribution in [0.5, 0.6) is 0 Å². The summed E-state index contributed by atoms with van der Waals surface area (Å²) in [7, 11) is 4.88. The Balaban J connectivity index is 2.59. The molecule has 0 fully saturated rings. The van der Waals surface area contributed by atoms with Crippen molar-refractivity contribution in [3.05, 3.63) is 29.8 Å². The number of carbonyl (C=O) groups excluding carboxylic acids is 2. The van der Waals surface area contributed by atoms with Gasteiger partial charge in [-0.15, -0.1) is 0 Å². The maximum atomic E-state index is 11.9. The molecule has 20 heavy (non-hydrogen) atoms. The summed E-state index contributed by atoms with van der Waals surface area (Å²) >= 11 is 0. The van der Waals surface area contributed by atoms with Gasteiger partial charge >= 0.3 is 6.03 Å². The molecular formula is C14H22N4O2. The third-order valence-corrected chi connectivity index (χ3v) is 2.91. The summed E-state index contributed by atoms with van der Waals surface area (Å²) in [5.74, 6) is -0.130. The maximum Gasteiger partial charge on any atom is 0.322 e. The van der Waals surface area contributed by atoms with Crippen molar-refractivity contribution in [3.8, 4) is 0 Å². The molecule has 3 N–H and O–H groups in total. The monoisotopic (exact) mass is 278 g/mol. The van der Waals surface area contributed by atoms with Gasteiger partial charge in [0, 0.05) is 32.9 Å². The van der Waals surface area contributed by atoms with Crippen LogP contribution in [0.15, 0.2) is 24.3 Å². The number of amides is 3. The number of hydrogen-bond acceptors (Lipinski definition) is 3. The molecule has 1 rings (SSSR count). The first-order valence-electron chi connectivity index (χ1n) is 6.39. The average molecular weight is 278 g/mol. The average Bonchev–Trinajstić information content (AvgIpc) is 2.38. The first kappa shape index (κ1) is 16.0. The molecular weight excluding hydrogens is 256 g/mol. The molecule has 6 heteroatoms. The van der Waals surface area contributed by atoms with Gasteiger partial charge in [-0.3, -0.25) is 4.79 Å². The van der Waals surface area contributed by atoms with Gasteiger partial charge in [0.05, 0.1) is 0 Å². The highest BCUT2D eigenvalue weighted by Crippen LogP contribution is 2.14. The first-order valence-corrected chi connectivity index (χ1v) is 6.39. The van der Waals surface area contributed by atoms with Gasteiger partial charge in [0.25, 0.3) is 0 Å². The zero-order chi connectivity index (χ0) is 15.3. The summed E-state index contributed by atoms with van der Waals surface area (Å²) in [5.41, 5.74) is 7.43. The van der Waals surface area contributed by atoms with E-state index < -0.39 is 0 Å². The second kappa shape index (κ2) is 6.91. The number of urea groups is 1. The van der Waals surface area contributed by atoms with Crippen LogP contribution < -0.4 is 11.1 Å². The zero-order valence-corrected chi connectivity index (χ0v) is 12.4. The minimum absolute atomic E-state index is 0.0384. The Kier molecular flexibility index (Phi) is 5.52. The van der Waals surface area contributed by atoms with Crippen LogP contribution in [0.4, 0.5) is 10.5 Å². The highest BCUT2D eigenvalue weighted by Gasteiger charge is 2.14. The highest BCUT2D eigenvalue weighted by molar-refractivity contribution is 5.92. The van der Waals surface area contributed by atoms with Crippen LogP contribution in [0.25, 0.3) is 0 Å². The van der Waals surface area contributed by atoms with Gasteiger partial charge in [-0.05, 0) is 24.6 Å². The fourth-order valence-electron chi connectivity index (χ4n) is 1.51. The third kappa shape index (κ3) is 4.55. The molecule has 1 aromatic rings. The summed E-state index contributed by atoms with van der Waals surface area (Å²) < 4.78 is 0. The van der Waals surface area contributed by atoms with E-state index in [1.807, 2.05) is 19.1 Å². The fraction of sp³-hybridized carbons (Fsp3) is 0.429. The number of nitrogens with zero attached hydrogens (tertiary/aromatic N) is 2. The fourth-order valence-corrected chi connectivity index (χ4v) is 1.51. The summed E-state index contributed by atoms with van der Waals surface area (Å²) in [6.07, 6.45) is 0. The van der Waals surface area contributed by atoms with Crippen LogP contribution in [0.2, 0.25) is 0 Å². The lowest BCUT2D eigenvalue weighted by Gasteiger charge is -2.19. The van der Waals surface area contributed by atoms with Crippen LogP contribution in [0.1, 0.15) is 18.5 Å². The van der Waals surface area contributed by atoms with Crippen LogP contribution in [0, 0.1) is 0 Å². The van der Waals surface area contributed by atoms with Crippen LogP contribution >= 0.6 is 0 Å².